The van der Waals surface area contributed by atoms with Crippen LogP contribution in [0.5, 0.6) is 0 Å². The monoisotopic (exact) mass is 390 g/mol. The average Bonchev–Trinajstić information content (AvgIpc) is 2.60. The molecular formula is C20H26N2O4S. The normalized spacial score (nSPS) is 11.6. The first-order valence-corrected chi connectivity index (χ1v) is 10.4. The molecule has 2 rings (SSSR count). The van der Waals surface area contributed by atoms with Gasteiger partial charge in [-0.25, -0.2) is 13.1 Å². The number of hydrogen-bond acceptors (Lipinski definition) is 4. The molecule has 1 amide bonds. The maximum atomic E-state index is 12.4. The van der Waals surface area contributed by atoms with Crippen molar-refractivity contribution < 1.29 is 17.9 Å². The third-order valence-electron chi connectivity index (χ3n) is 3.85. The van der Waals surface area contributed by atoms with Crippen molar-refractivity contribution in [3.05, 3.63) is 70.8 Å². The van der Waals surface area contributed by atoms with Crippen molar-refractivity contribution in [2.45, 2.75) is 38.8 Å². The zero-order valence-electron chi connectivity index (χ0n) is 15.9. The number of nitrogens with one attached hydrogen (secondary N) is 2. The van der Waals surface area contributed by atoms with Gasteiger partial charge in [-0.15, -0.1) is 0 Å². The highest BCUT2D eigenvalue weighted by atomic mass is 32.2. The Labute approximate surface area is 161 Å². The van der Waals surface area contributed by atoms with Crippen molar-refractivity contribution >= 4 is 15.9 Å². The Kier molecular flexibility index (Phi) is 7.53. The fraction of sp³-hybridized carbons (Fsp3) is 0.350. The van der Waals surface area contributed by atoms with E-state index < -0.39 is 10.0 Å². The minimum atomic E-state index is -3.43. The van der Waals surface area contributed by atoms with Crippen molar-refractivity contribution in [1.82, 2.24) is 10.0 Å². The van der Waals surface area contributed by atoms with Crippen molar-refractivity contribution in [3.8, 4) is 0 Å². The summed E-state index contributed by atoms with van der Waals surface area (Å²) in [6, 6.07) is 14.2. The van der Waals surface area contributed by atoms with Gasteiger partial charge >= 0.3 is 0 Å². The van der Waals surface area contributed by atoms with Gasteiger partial charge in [0.05, 0.1) is 12.4 Å². The van der Waals surface area contributed by atoms with E-state index in [1.807, 2.05) is 24.3 Å². The largest absolute Gasteiger partial charge is 0.380 e. The lowest BCUT2D eigenvalue weighted by atomic mass is 10.1. The summed E-state index contributed by atoms with van der Waals surface area (Å²) < 4.78 is 32.0. The van der Waals surface area contributed by atoms with Crippen LogP contribution in [0.15, 0.2) is 48.5 Å². The van der Waals surface area contributed by atoms with Crippen molar-refractivity contribution in [1.29, 1.82) is 0 Å². The highest BCUT2D eigenvalue weighted by Gasteiger charge is 2.15. The topological polar surface area (TPSA) is 84.5 Å². The standard InChI is InChI=1S/C20H26N2O4S/c1-15(2)22-27(24,25)14-19-7-5-4-6-18(19)12-21-20(23)17-10-8-16(9-11-17)13-26-3/h4-11,15,22H,12-14H2,1-3H3,(H,21,23). The van der Waals surface area contributed by atoms with Crippen LogP contribution in [0.4, 0.5) is 0 Å². The van der Waals surface area contributed by atoms with Crippen LogP contribution in [0.1, 0.15) is 40.9 Å². The predicted octanol–water partition coefficient (Wildman–Crippen LogP) is 2.59. The molecular weight excluding hydrogens is 364 g/mol. The van der Waals surface area contributed by atoms with Gasteiger partial charge in [0.2, 0.25) is 10.0 Å². The molecule has 0 heterocycles. The molecule has 0 fully saturated rings. The number of carbonyl (C=O) groups excluding carboxylic acids is 1. The van der Waals surface area contributed by atoms with E-state index in [9.17, 15) is 13.2 Å². The van der Waals surface area contributed by atoms with E-state index in [0.717, 1.165) is 11.1 Å². The first-order valence-electron chi connectivity index (χ1n) is 8.73. The lowest BCUT2D eigenvalue weighted by molar-refractivity contribution is 0.0950. The summed E-state index contributed by atoms with van der Waals surface area (Å²) in [6.45, 7) is 4.31. The number of methoxy groups -OCH3 is 1. The highest BCUT2D eigenvalue weighted by Crippen LogP contribution is 2.13. The van der Waals surface area contributed by atoms with Crippen LogP contribution < -0.4 is 10.0 Å². The summed E-state index contributed by atoms with van der Waals surface area (Å²) in [6.07, 6.45) is 0. The number of ether oxygens (including phenoxy) is 1. The number of sulfonamides is 1. The molecule has 7 heteroatoms. The second-order valence-electron chi connectivity index (χ2n) is 6.61. The molecule has 0 radical (unpaired) electrons. The van der Waals surface area contributed by atoms with Crippen LogP contribution in [0, 0.1) is 0 Å². The minimum absolute atomic E-state index is 0.122. The molecule has 6 nitrogen and oxygen atoms in total. The Morgan fingerprint density at radius 2 is 1.67 bits per heavy atom. The summed E-state index contributed by atoms with van der Waals surface area (Å²) in [5.74, 6) is -0.333. The van der Waals surface area contributed by atoms with Gasteiger partial charge in [-0.05, 0) is 42.7 Å². The van der Waals surface area contributed by atoms with E-state index in [2.05, 4.69) is 10.0 Å². The van der Waals surface area contributed by atoms with E-state index in [-0.39, 0.29) is 24.2 Å². The van der Waals surface area contributed by atoms with E-state index in [1.54, 1.807) is 45.2 Å². The van der Waals surface area contributed by atoms with Crippen molar-refractivity contribution in [2.75, 3.05) is 7.11 Å². The molecule has 2 aromatic carbocycles. The van der Waals surface area contributed by atoms with Gasteiger partial charge in [-0.2, -0.15) is 0 Å². The maximum Gasteiger partial charge on any atom is 0.251 e. The Morgan fingerprint density at radius 3 is 2.26 bits per heavy atom. The fourth-order valence-corrected chi connectivity index (χ4v) is 4.17. The van der Waals surface area contributed by atoms with Crippen LogP contribution in [-0.2, 0) is 33.7 Å². The van der Waals surface area contributed by atoms with Crippen LogP contribution in [0.3, 0.4) is 0 Å². The molecule has 0 aliphatic heterocycles. The van der Waals surface area contributed by atoms with E-state index >= 15 is 0 Å². The zero-order chi connectivity index (χ0) is 19.9. The molecule has 2 aromatic rings. The smallest absolute Gasteiger partial charge is 0.251 e. The summed E-state index contributed by atoms with van der Waals surface area (Å²) >= 11 is 0. The lowest BCUT2D eigenvalue weighted by Crippen LogP contribution is -2.31. The summed E-state index contributed by atoms with van der Waals surface area (Å²) in [4.78, 5) is 12.4. The minimum Gasteiger partial charge on any atom is -0.380 e. The molecule has 0 unspecified atom stereocenters. The van der Waals surface area contributed by atoms with Gasteiger partial charge in [-0.3, -0.25) is 4.79 Å². The molecule has 0 saturated carbocycles. The molecule has 0 aromatic heterocycles. The van der Waals surface area contributed by atoms with Gasteiger partial charge in [0, 0.05) is 25.3 Å². The first-order chi connectivity index (χ1) is 12.8. The summed E-state index contributed by atoms with van der Waals surface area (Å²) in [7, 11) is -1.81. The molecule has 0 atom stereocenters. The van der Waals surface area contributed by atoms with Crippen LogP contribution in [0.25, 0.3) is 0 Å². The van der Waals surface area contributed by atoms with Crippen molar-refractivity contribution in [2.24, 2.45) is 0 Å². The van der Waals surface area contributed by atoms with Gasteiger partial charge in [0.25, 0.3) is 5.91 Å². The quantitative estimate of drug-likeness (QED) is 0.689. The maximum absolute atomic E-state index is 12.4. The predicted molar refractivity (Wildman–Crippen MR) is 106 cm³/mol. The van der Waals surface area contributed by atoms with Gasteiger partial charge < -0.3 is 10.1 Å². The Bertz CT molecular complexity index is 862. The second-order valence-corrected chi connectivity index (χ2v) is 8.37. The molecule has 0 saturated heterocycles. The Balaban J connectivity index is 2.04. The summed E-state index contributed by atoms with van der Waals surface area (Å²) in [5.41, 5.74) is 2.97. The average molecular weight is 391 g/mol. The van der Waals surface area contributed by atoms with Gasteiger partial charge in [0.1, 0.15) is 0 Å². The first kappa shape index (κ1) is 21.1. The number of rotatable bonds is 9. The molecule has 0 spiro atoms. The van der Waals surface area contributed by atoms with Crippen LogP contribution in [0.2, 0.25) is 0 Å². The molecule has 27 heavy (non-hydrogen) atoms. The van der Waals surface area contributed by atoms with E-state index in [4.69, 9.17) is 4.74 Å². The van der Waals surface area contributed by atoms with E-state index in [0.29, 0.717) is 17.7 Å². The van der Waals surface area contributed by atoms with Crippen LogP contribution >= 0.6 is 0 Å². The number of carbonyl (C=O) groups is 1. The Morgan fingerprint density at radius 1 is 1.04 bits per heavy atom. The molecule has 0 aliphatic carbocycles. The molecule has 0 aliphatic rings. The molecule has 146 valence electrons. The third-order valence-corrected chi connectivity index (χ3v) is 5.37. The fourth-order valence-electron chi connectivity index (χ4n) is 2.67. The summed E-state index contributed by atoms with van der Waals surface area (Å²) in [5, 5.41) is 2.85. The number of hydrogen-bond donors (Lipinski definition) is 2. The van der Waals surface area contributed by atoms with Gasteiger partial charge in [0.15, 0.2) is 0 Å². The third kappa shape index (κ3) is 6.78. The molecule has 2 N–H and O–H groups in total. The Hall–Kier alpha value is -2.22. The van der Waals surface area contributed by atoms with Crippen molar-refractivity contribution in [3.63, 3.8) is 0 Å². The lowest BCUT2D eigenvalue weighted by Gasteiger charge is -2.13. The van der Waals surface area contributed by atoms with E-state index in [1.165, 1.54) is 0 Å². The number of benzene rings is 2. The van der Waals surface area contributed by atoms with Crippen LogP contribution in [-0.4, -0.2) is 27.5 Å². The van der Waals surface area contributed by atoms with Gasteiger partial charge in [-0.1, -0.05) is 36.4 Å². The SMILES string of the molecule is COCc1ccc(C(=O)NCc2ccccc2CS(=O)(=O)NC(C)C)cc1. The zero-order valence-corrected chi connectivity index (χ0v) is 16.7. The molecule has 0 bridgehead atoms. The highest BCUT2D eigenvalue weighted by molar-refractivity contribution is 7.88. The number of amides is 1. The second kappa shape index (κ2) is 9.64.